The van der Waals surface area contributed by atoms with Gasteiger partial charge in [-0.15, -0.1) is 0 Å². The number of piperazine rings is 1. The van der Waals surface area contributed by atoms with E-state index in [0.29, 0.717) is 31.2 Å². The third-order valence-electron chi connectivity index (χ3n) is 9.07. The first-order valence-electron chi connectivity index (χ1n) is 16.7. The number of anilines is 2. The molecule has 12 nitrogen and oxygen atoms in total. The van der Waals surface area contributed by atoms with Gasteiger partial charge in [0.25, 0.3) is 0 Å². The van der Waals surface area contributed by atoms with E-state index in [4.69, 9.17) is 33.9 Å². The van der Waals surface area contributed by atoms with Crippen molar-refractivity contribution in [1.29, 1.82) is 0 Å². The fourth-order valence-corrected chi connectivity index (χ4v) is 6.88. The quantitative estimate of drug-likeness (QED) is 0.259. The normalized spacial score (nSPS) is 21.0. The second-order valence-electron chi connectivity index (χ2n) is 13.7. The molecule has 12 heteroatoms. The first-order chi connectivity index (χ1) is 23.2. The van der Waals surface area contributed by atoms with Crippen LogP contribution in [0.5, 0.6) is 11.5 Å². The Kier molecular flexibility index (Phi) is 8.91. The number of methoxy groups -OCH3 is 1. The zero-order valence-corrected chi connectivity index (χ0v) is 28.0. The van der Waals surface area contributed by atoms with Gasteiger partial charge >= 0.3 is 6.09 Å². The number of hydrogen-bond donors (Lipinski definition) is 0. The summed E-state index contributed by atoms with van der Waals surface area (Å²) in [6.07, 6.45) is 7.84. The lowest BCUT2D eigenvalue weighted by Gasteiger charge is -2.41. The van der Waals surface area contributed by atoms with Crippen LogP contribution in [0.3, 0.4) is 0 Å². The Hall–Kier alpha value is -4.71. The highest BCUT2D eigenvalue weighted by Gasteiger charge is 2.42. The Morgan fingerprint density at radius 3 is 2.40 bits per heavy atom. The summed E-state index contributed by atoms with van der Waals surface area (Å²) in [5.74, 6) is 2.81. The Labute approximate surface area is 281 Å². The highest BCUT2D eigenvalue weighted by atomic mass is 16.6. The average molecular weight is 654 g/mol. The maximum atomic E-state index is 12.7. The first kappa shape index (κ1) is 31.9. The summed E-state index contributed by atoms with van der Waals surface area (Å²) in [5.41, 5.74) is 2.57. The summed E-state index contributed by atoms with van der Waals surface area (Å²) < 4.78 is 23.5. The number of rotatable bonds is 8. The summed E-state index contributed by atoms with van der Waals surface area (Å²) in [5, 5.41) is 0.891. The van der Waals surface area contributed by atoms with Crippen LogP contribution in [0.15, 0.2) is 61.2 Å². The number of fused-ring (bicyclic) bond motifs is 3. The number of benzene rings is 2. The highest BCUT2D eigenvalue weighted by molar-refractivity contribution is 5.92. The van der Waals surface area contributed by atoms with Gasteiger partial charge in [0.05, 0.1) is 25.8 Å². The van der Waals surface area contributed by atoms with E-state index >= 15 is 0 Å². The van der Waals surface area contributed by atoms with E-state index in [1.165, 1.54) is 5.56 Å². The van der Waals surface area contributed by atoms with Crippen LogP contribution >= 0.6 is 0 Å². The Morgan fingerprint density at radius 2 is 1.69 bits per heavy atom. The summed E-state index contributed by atoms with van der Waals surface area (Å²) in [6, 6.07) is 14.8. The van der Waals surface area contributed by atoms with Crippen LogP contribution in [0.25, 0.3) is 10.9 Å². The molecule has 3 aliphatic heterocycles. The average Bonchev–Trinajstić information content (AvgIpc) is 3.35. The molecule has 3 atom stereocenters. The van der Waals surface area contributed by atoms with Crippen molar-refractivity contribution in [3.63, 3.8) is 0 Å². The number of nitrogens with zero attached hydrogens (tertiary/aromatic N) is 7. The maximum Gasteiger partial charge on any atom is 0.410 e. The van der Waals surface area contributed by atoms with E-state index in [0.717, 1.165) is 60.6 Å². The van der Waals surface area contributed by atoms with Crippen LogP contribution in [-0.4, -0.2) is 101 Å². The van der Waals surface area contributed by atoms with E-state index in [1.807, 2.05) is 51.4 Å². The Morgan fingerprint density at radius 1 is 0.938 bits per heavy atom. The smallest absolute Gasteiger partial charge is 0.410 e. The van der Waals surface area contributed by atoms with Crippen molar-refractivity contribution in [3.05, 3.63) is 72.3 Å². The minimum Gasteiger partial charge on any atom is -0.493 e. The molecule has 0 aliphatic carbocycles. The van der Waals surface area contributed by atoms with E-state index in [1.54, 1.807) is 18.3 Å². The fraction of sp³-hybridized carbons (Fsp3) is 0.472. The summed E-state index contributed by atoms with van der Waals surface area (Å²) in [7, 11) is 1.62. The molecule has 48 heavy (non-hydrogen) atoms. The number of carbonyl (C=O) groups is 1. The largest absolute Gasteiger partial charge is 0.493 e. The lowest BCUT2D eigenvalue weighted by molar-refractivity contribution is -0.0558. The summed E-state index contributed by atoms with van der Waals surface area (Å²) in [4.78, 5) is 38.0. The van der Waals surface area contributed by atoms with E-state index < -0.39 is 5.60 Å². The van der Waals surface area contributed by atoms with Gasteiger partial charge in [-0.3, -0.25) is 0 Å². The van der Waals surface area contributed by atoms with Gasteiger partial charge in [0.1, 0.15) is 30.5 Å². The number of carbonyl (C=O) groups excluding carboxylic acids is 1. The molecular weight excluding hydrogens is 610 g/mol. The van der Waals surface area contributed by atoms with E-state index in [-0.39, 0.29) is 30.9 Å². The van der Waals surface area contributed by atoms with Crippen LogP contribution in [0.4, 0.5) is 16.6 Å². The molecule has 0 N–H and O–H groups in total. The van der Waals surface area contributed by atoms with Crippen molar-refractivity contribution in [2.45, 2.75) is 63.8 Å². The molecule has 3 fully saturated rings. The molecule has 3 unspecified atom stereocenters. The molecule has 2 bridgehead atoms. The van der Waals surface area contributed by atoms with Crippen LogP contribution in [0, 0.1) is 0 Å². The van der Waals surface area contributed by atoms with Crippen LogP contribution in [0.2, 0.25) is 0 Å². The SMILES string of the molecule is COc1cc2ncnc(N3CC4CCC(C3)N4c3ncc(Cc4ccccc4)cn3)c2cc1OCC1CN(C(=O)OC(C)(C)C)CCO1. The van der Waals surface area contributed by atoms with Crippen molar-refractivity contribution in [2.24, 2.45) is 0 Å². The minimum atomic E-state index is -0.562. The number of aromatic nitrogens is 4. The van der Waals surface area contributed by atoms with Gasteiger partial charge in [0.15, 0.2) is 11.5 Å². The van der Waals surface area contributed by atoms with Gasteiger partial charge in [-0.1, -0.05) is 30.3 Å². The van der Waals surface area contributed by atoms with E-state index in [9.17, 15) is 4.79 Å². The van der Waals surface area contributed by atoms with Gasteiger partial charge in [-0.05, 0) is 50.8 Å². The standard InChI is InChI=1S/C36H43N7O5/c1-36(2,3)48-35(44)41-12-13-46-28(21-41)22-47-32-15-29-30(16-31(32)45-4)39-23-40-33(29)42-19-26-10-11-27(20-42)43(26)34-37-17-25(18-38-34)14-24-8-6-5-7-9-24/h5-9,15-18,23,26-28H,10-14,19-22H2,1-4H3. The predicted octanol–water partition coefficient (Wildman–Crippen LogP) is 4.89. The number of morpholine rings is 1. The molecule has 3 aliphatic rings. The number of amides is 1. The third-order valence-corrected chi connectivity index (χ3v) is 9.07. The first-order valence-corrected chi connectivity index (χ1v) is 16.7. The molecule has 2 aromatic carbocycles. The molecule has 0 saturated carbocycles. The molecule has 4 aromatic rings. The van der Waals surface area contributed by atoms with E-state index in [2.05, 4.69) is 39.0 Å². The molecular formula is C36H43N7O5. The molecule has 1 amide bonds. The van der Waals surface area contributed by atoms with Crippen molar-refractivity contribution < 1.29 is 23.7 Å². The Balaban J connectivity index is 1.05. The molecule has 0 radical (unpaired) electrons. The van der Waals surface area contributed by atoms with Gasteiger partial charge in [-0.25, -0.2) is 24.7 Å². The molecule has 2 aromatic heterocycles. The Bertz CT molecular complexity index is 1720. The van der Waals surface area contributed by atoms with Crippen LogP contribution < -0.4 is 19.3 Å². The molecule has 252 valence electrons. The zero-order valence-electron chi connectivity index (χ0n) is 28.0. The van der Waals surface area contributed by atoms with Gasteiger partial charge in [0, 0.05) is 62.0 Å². The van der Waals surface area contributed by atoms with Crippen molar-refractivity contribution in [3.8, 4) is 11.5 Å². The second kappa shape index (κ2) is 13.4. The van der Waals surface area contributed by atoms with Gasteiger partial charge in [0.2, 0.25) is 5.95 Å². The third kappa shape index (κ3) is 6.94. The van der Waals surface area contributed by atoms with Crippen LogP contribution in [0.1, 0.15) is 44.7 Å². The lowest BCUT2D eigenvalue weighted by atomic mass is 10.1. The van der Waals surface area contributed by atoms with Crippen molar-refractivity contribution in [2.75, 3.05) is 56.3 Å². The monoisotopic (exact) mass is 653 g/mol. The molecule has 0 spiro atoms. The van der Waals surface area contributed by atoms with Crippen molar-refractivity contribution >= 4 is 28.8 Å². The summed E-state index contributed by atoms with van der Waals surface area (Å²) in [6.45, 7) is 8.71. The van der Waals surface area contributed by atoms with Gasteiger partial charge < -0.3 is 33.6 Å². The van der Waals surface area contributed by atoms with Crippen LogP contribution in [-0.2, 0) is 15.9 Å². The van der Waals surface area contributed by atoms with Gasteiger partial charge in [-0.2, -0.15) is 0 Å². The zero-order chi connectivity index (χ0) is 33.3. The molecule has 5 heterocycles. The minimum absolute atomic E-state index is 0.247. The topological polar surface area (TPSA) is 115 Å². The molecule has 3 saturated heterocycles. The second-order valence-corrected chi connectivity index (χ2v) is 13.7. The fourth-order valence-electron chi connectivity index (χ4n) is 6.88. The molecule has 7 rings (SSSR count). The lowest BCUT2D eigenvalue weighted by Crippen LogP contribution is -2.54. The van der Waals surface area contributed by atoms with Crippen molar-refractivity contribution in [1.82, 2.24) is 24.8 Å². The number of hydrogen-bond acceptors (Lipinski definition) is 11. The summed E-state index contributed by atoms with van der Waals surface area (Å²) >= 11 is 0. The predicted molar refractivity (Wildman–Crippen MR) is 182 cm³/mol. The highest BCUT2D eigenvalue weighted by Crippen LogP contribution is 2.39. The number of ether oxygens (including phenoxy) is 4. The maximum absolute atomic E-state index is 12.7.